The number of amides is 6. The van der Waals surface area contributed by atoms with Gasteiger partial charge in [-0.05, 0) is 51.5 Å². The fourth-order valence-corrected chi connectivity index (χ4v) is 5.39. The summed E-state index contributed by atoms with van der Waals surface area (Å²) < 4.78 is 0. The smallest absolute Gasteiger partial charge is 0.322 e. The molecule has 5 atom stereocenters. The molecule has 1 aromatic heterocycles. The van der Waals surface area contributed by atoms with Crippen molar-refractivity contribution in [2.75, 3.05) is 26.2 Å². The van der Waals surface area contributed by atoms with E-state index in [2.05, 4.69) is 36.2 Å². The highest BCUT2D eigenvalue weighted by molar-refractivity contribution is 5.96. The number of carboxylic acids is 1. The highest BCUT2D eigenvalue weighted by Gasteiger charge is 2.39. The van der Waals surface area contributed by atoms with Gasteiger partial charge in [-0.15, -0.1) is 0 Å². The van der Waals surface area contributed by atoms with Gasteiger partial charge in [0, 0.05) is 37.8 Å². The molecule has 1 aromatic rings. The van der Waals surface area contributed by atoms with Crippen LogP contribution in [-0.2, 0) is 40.0 Å². The highest BCUT2D eigenvalue weighted by Crippen LogP contribution is 2.20. The first kappa shape index (κ1) is 41.9. The van der Waals surface area contributed by atoms with Crippen molar-refractivity contribution in [3.05, 3.63) is 18.2 Å². The first-order valence-corrected chi connectivity index (χ1v) is 16.7. The number of aliphatic imine (C=N–C) groups is 1. The molecule has 1 aliphatic heterocycles. The summed E-state index contributed by atoms with van der Waals surface area (Å²) in [5.74, 6) is -5.71. The Labute approximate surface area is 294 Å². The molecule has 2 rings (SSSR count). The maximum absolute atomic E-state index is 13.9. The number of nitrogens with one attached hydrogen (secondary N) is 5. The first-order valence-electron chi connectivity index (χ1n) is 16.7. The quantitative estimate of drug-likeness (QED) is 0.0288. The number of rotatable bonds is 23. The van der Waals surface area contributed by atoms with Crippen LogP contribution in [0.15, 0.2) is 17.5 Å². The molecule has 21 heteroatoms. The minimum absolute atomic E-state index is 0.0509. The molecule has 0 aliphatic carbocycles. The van der Waals surface area contributed by atoms with Crippen LogP contribution in [0.1, 0.15) is 63.5 Å². The van der Waals surface area contributed by atoms with E-state index in [1.807, 2.05) is 0 Å². The maximum atomic E-state index is 13.9. The normalized spacial score (nSPS) is 16.2. The Morgan fingerprint density at radius 2 is 1.61 bits per heavy atom. The molecule has 16 N–H and O–H groups in total. The third-order valence-corrected chi connectivity index (χ3v) is 8.04. The Kier molecular flexibility index (Phi) is 17.8. The van der Waals surface area contributed by atoms with E-state index in [1.165, 1.54) is 17.4 Å². The standard InChI is InChI=1S/C30H51N13O8/c31-10-2-1-5-18(32)25(47)40-19(6-3-11-37-30(34)35)26(48)41-20(8-9-23(33)44)27(49)42-21(13-17-14-36-16-39-17)29(51)43-12-4-7-22(43)28(50)38-15-24(45)46/h14,16,18-22H,1-13,15,31-32H2,(H2,33,44)(H,36,39)(H,38,50)(H,40,47)(H,41,48)(H,42,49)(H,45,46)(H4,34,35,37). The number of guanidine groups is 1. The van der Waals surface area contributed by atoms with Crippen LogP contribution in [0.25, 0.3) is 0 Å². The summed E-state index contributed by atoms with van der Waals surface area (Å²) in [6.45, 7) is 0.0903. The number of hydrogen-bond donors (Lipinski definition) is 11. The monoisotopic (exact) mass is 721 g/mol. The maximum Gasteiger partial charge on any atom is 0.322 e. The average Bonchev–Trinajstić information content (AvgIpc) is 3.78. The van der Waals surface area contributed by atoms with Crippen molar-refractivity contribution >= 4 is 47.4 Å². The van der Waals surface area contributed by atoms with Crippen molar-refractivity contribution in [1.29, 1.82) is 0 Å². The van der Waals surface area contributed by atoms with Crippen LogP contribution in [0.5, 0.6) is 0 Å². The molecule has 51 heavy (non-hydrogen) atoms. The van der Waals surface area contributed by atoms with Crippen LogP contribution in [0.4, 0.5) is 0 Å². The van der Waals surface area contributed by atoms with Crippen molar-refractivity contribution in [1.82, 2.24) is 36.1 Å². The van der Waals surface area contributed by atoms with Crippen molar-refractivity contribution in [2.24, 2.45) is 33.7 Å². The lowest BCUT2D eigenvalue weighted by atomic mass is 10.0. The Morgan fingerprint density at radius 3 is 2.22 bits per heavy atom. The molecule has 1 saturated heterocycles. The van der Waals surface area contributed by atoms with Gasteiger partial charge in [-0.1, -0.05) is 6.42 Å². The van der Waals surface area contributed by atoms with Crippen LogP contribution >= 0.6 is 0 Å². The number of nitrogens with two attached hydrogens (primary N) is 5. The fourth-order valence-electron chi connectivity index (χ4n) is 5.39. The molecule has 21 nitrogen and oxygen atoms in total. The molecule has 0 spiro atoms. The molecule has 0 aromatic carbocycles. The van der Waals surface area contributed by atoms with E-state index in [1.54, 1.807) is 0 Å². The molecule has 2 heterocycles. The summed E-state index contributed by atoms with van der Waals surface area (Å²) in [7, 11) is 0. The van der Waals surface area contributed by atoms with Crippen molar-refractivity contribution in [3.63, 3.8) is 0 Å². The van der Waals surface area contributed by atoms with Crippen LogP contribution in [0, 0.1) is 0 Å². The molecule has 1 fully saturated rings. The predicted molar refractivity (Wildman–Crippen MR) is 183 cm³/mol. The number of carboxylic acid groups (broad SMARTS) is 1. The number of aromatic amines is 1. The van der Waals surface area contributed by atoms with Gasteiger partial charge >= 0.3 is 5.97 Å². The molecule has 1 aliphatic rings. The second kappa shape index (κ2) is 21.7. The second-order valence-electron chi connectivity index (χ2n) is 12.1. The molecule has 0 bridgehead atoms. The number of likely N-dealkylation sites (tertiary alicyclic amines) is 1. The molecule has 5 unspecified atom stereocenters. The van der Waals surface area contributed by atoms with Crippen LogP contribution in [-0.4, -0.2) is 124 Å². The fraction of sp³-hybridized carbons (Fsp3) is 0.633. The number of aromatic nitrogens is 2. The largest absolute Gasteiger partial charge is 0.480 e. The Bertz CT molecular complexity index is 1370. The number of H-pyrrole nitrogens is 1. The third kappa shape index (κ3) is 15.0. The summed E-state index contributed by atoms with van der Waals surface area (Å²) in [5.41, 5.74) is 28.2. The van der Waals surface area contributed by atoms with Gasteiger partial charge in [0.05, 0.1) is 12.4 Å². The Balaban J connectivity index is 2.30. The number of primary amides is 1. The topological polar surface area (TPSA) is 362 Å². The number of nitrogens with zero attached hydrogens (tertiary/aromatic N) is 3. The molecule has 6 amide bonds. The lowest BCUT2D eigenvalue weighted by Gasteiger charge is -2.30. The minimum Gasteiger partial charge on any atom is -0.480 e. The van der Waals surface area contributed by atoms with E-state index < -0.39 is 78.2 Å². The van der Waals surface area contributed by atoms with Gasteiger partial charge in [-0.25, -0.2) is 4.98 Å². The number of carbonyl (C=O) groups excluding carboxylic acids is 6. The highest BCUT2D eigenvalue weighted by atomic mass is 16.4. The summed E-state index contributed by atoms with van der Waals surface area (Å²) >= 11 is 0. The van der Waals surface area contributed by atoms with E-state index in [0.29, 0.717) is 37.9 Å². The van der Waals surface area contributed by atoms with Crippen molar-refractivity contribution in [2.45, 2.75) is 94.4 Å². The number of aliphatic carboxylic acids is 1. The van der Waals surface area contributed by atoms with E-state index in [4.69, 9.17) is 33.8 Å². The number of imidazole rings is 1. The minimum atomic E-state index is -1.40. The predicted octanol–water partition coefficient (Wildman–Crippen LogP) is -4.63. The van der Waals surface area contributed by atoms with E-state index >= 15 is 0 Å². The third-order valence-electron chi connectivity index (χ3n) is 8.04. The van der Waals surface area contributed by atoms with Gasteiger partial charge in [0.2, 0.25) is 35.4 Å². The first-order chi connectivity index (χ1) is 24.2. The summed E-state index contributed by atoms with van der Waals surface area (Å²) in [6.07, 6.45) is 4.74. The van der Waals surface area contributed by atoms with E-state index in [-0.39, 0.29) is 57.6 Å². The van der Waals surface area contributed by atoms with Gasteiger partial charge in [0.1, 0.15) is 30.7 Å². The SMILES string of the molecule is NCCCCC(N)C(=O)NC(CCCN=C(N)N)C(=O)NC(CCC(N)=O)C(=O)NC(Cc1cnc[nH]1)C(=O)N1CCCC1C(=O)NCC(=O)O. The molecular weight excluding hydrogens is 670 g/mol. The zero-order valence-electron chi connectivity index (χ0n) is 28.5. The zero-order valence-corrected chi connectivity index (χ0v) is 28.5. The lowest BCUT2D eigenvalue weighted by molar-refractivity contribution is -0.143. The van der Waals surface area contributed by atoms with Gasteiger partial charge in [0.25, 0.3) is 0 Å². The van der Waals surface area contributed by atoms with Gasteiger partial charge in [-0.2, -0.15) is 0 Å². The zero-order chi connectivity index (χ0) is 37.9. The average molecular weight is 722 g/mol. The molecule has 0 saturated carbocycles. The van der Waals surface area contributed by atoms with Gasteiger partial charge in [-0.3, -0.25) is 38.6 Å². The summed E-state index contributed by atoms with van der Waals surface area (Å²) in [6, 6.07) is -5.78. The second-order valence-corrected chi connectivity index (χ2v) is 12.1. The molecule has 284 valence electrons. The Hall–Kier alpha value is -5.31. The lowest BCUT2D eigenvalue weighted by Crippen LogP contribution is -2.59. The Morgan fingerprint density at radius 1 is 0.941 bits per heavy atom. The van der Waals surface area contributed by atoms with Crippen LogP contribution in [0.3, 0.4) is 0 Å². The molecule has 0 radical (unpaired) electrons. The number of hydrogen-bond acceptors (Lipinski definition) is 11. The summed E-state index contributed by atoms with van der Waals surface area (Å²) in [5, 5.41) is 19.0. The van der Waals surface area contributed by atoms with Crippen LogP contribution in [0.2, 0.25) is 0 Å². The number of unbranched alkanes of at least 4 members (excludes halogenated alkanes) is 1. The van der Waals surface area contributed by atoms with E-state index in [9.17, 15) is 33.6 Å². The van der Waals surface area contributed by atoms with Gasteiger partial charge in [0.15, 0.2) is 5.96 Å². The van der Waals surface area contributed by atoms with Crippen LogP contribution < -0.4 is 49.9 Å². The van der Waals surface area contributed by atoms with Gasteiger partial charge < -0.3 is 64.9 Å². The van der Waals surface area contributed by atoms with Crippen molar-refractivity contribution < 1.29 is 38.7 Å². The summed E-state index contributed by atoms with van der Waals surface area (Å²) in [4.78, 5) is 102. The number of carbonyl (C=O) groups is 7. The van der Waals surface area contributed by atoms with Crippen molar-refractivity contribution in [3.8, 4) is 0 Å². The molecular formula is C30H51N13O8. The van der Waals surface area contributed by atoms with E-state index in [0.717, 1.165) is 0 Å².